The van der Waals surface area contributed by atoms with Crippen LogP contribution in [0.3, 0.4) is 0 Å². The zero-order chi connectivity index (χ0) is 13.6. The molecule has 0 bridgehead atoms. The molecule has 6 nitrogen and oxygen atoms in total. The molecule has 1 saturated heterocycles. The van der Waals surface area contributed by atoms with Crippen molar-refractivity contribution < 1.29 is 16.8 Å². The molecule has 0 aromatic carbocycles. The highest BCUT2D eigenvalue weighted by molar-refractivity contribution is 7.90. The van der Waals surface area contributed by atoms with Crippen LogP contribution < -0.4 is 0 Å². The van der Waals surface area contributed by atoms with Crippen LogP contribution in [0.15, 0.2) is 0 Å². The van der Waals surface area contributed by atoms with Crippen LogP contribution in [0.5, 0.6) is 0 Å². The SMILES string of the molecule is CC(C)S(=O)(=O)N1CCN(S(=O)(=O)C2CC2)CC1. The molecule has 0 N–H and O–H groups in total. The third-order valence-corrected chi connectivity index (χ3v) is 8.13. The Labute approximate surface area is 109 Å². The lowest BCUT2D eigenvalue weighted by molar-refractivity contribution is 0.271. The molecular formula is C10H20N2O4S2. The predicted octanol–water partition coefficient (Wildman–Crippen LogP) is -0.166. The van der Waals surface area contributed by atoms with E-state index in [2.05, 4.69) is 0 Å². The van der Waals surface area contributed by atoms with Crippen LogP contribution in [0.25, 0.3) is 0 Å². The van der Waals surface area contributed by atoms with Gasteiger partial charge in [0.1, 0.15) is 0 Å². The Kier molecular flexibility index (Phi) is 3.74. The second-order valence-corrected chi connectivity index (χ2v) is 9.84. The zero-order valence-electron chi connectivity index (χ0n) is 10.7. The summed E-state index contributed by atoms with van der Waals surface area (Å²) in [6.07, 6.45) is 1.49. The number of sulfonamides is 2. The normalized spacial score (nSPS) is 24.6. The number of rotatable bonds is 4. The first-order chi connectivity index (χ1) is 8.26. The zero-order valence-corrected chi connectivity index (χ0v) is 12.4. The van der Waals surface area contributed by atoms with Gasteiger partial charge in [-0.1, -0.05) is 0 Å². The van der Waals surface area contributed by atoms with Gasteiger partial charge in [0.2, 0.25) is 20.0 Å². The third-order valence-electron chi connectivity index (χ3n) is 3.46. The summed E-state index contributed by atoms with van der Waals surface area (Å²) in [6, 6.07) is 0. The Morgan fingerprint density at radius 2 is 1.33 bits per heavy atom. The molecule has 8 heteroatoms. The van der Waals surface area contributed by atoms with Crippen molar-refractivity contribution in [3.63, 3.8) is 0 Å². The Balaban J connectivity index is 2.01. The summed E-state index contributed by atoms with van der Waals surface area (Å²) < 4.78 is 50.7. The first-order valence-electron chi connectivity index (χ1n) is 6.24. The summed E-state index contributed by atoms with van der Waals surface area (Å²) in [5, 5.41) is -0.671. The summed E-state index contributed by atoms with van der Waals surface area (Å²) in [6.45, 7) is 4.39. The molecule has 0 atom stereocenters. The number of piperazine rings is 1. The van der Waals surface area contributed by atoms with Crippen molar-refractivity contribution >= 4 is 20.0 Å². The van der Waals surface area contributed by atoms with Crippen molar-refractivity contribution in [1.29, 1.82) is 0 Å². The molecule has 0 aromatic heterocycles. The molecule has 0 amide bonds. The van der Waals surface area contributed by atoms with Crippen LogP contribution >= 0.6 is 0 Å². The van der Waals surface area contributed by atoms with E-state index < -0.39 is 25.3 Å². The van der Waals surface area contributed by atoms with Gasteiger partial charge >= 0.3 is 0 Å². The van der Waals surface area contributed by atoms with E-state index in [0.29, 0.717) is 0 Å². The molecule has 0 aromatic rings. The monoisotopic (exact) mass is 296 g/mol. The first kappa shape index (κ1) is 14.2. The Morgan fingerprint density at radius 1 is 0.889 bits per heavy atom. The van der Waals surface area contributed by atoms with Crippen molar-refractivity contribution in [2.75, 3.05) is 26.2 Å². The molecule has 0 radical (unpaired) electrons. The molecule has 106 valence electrons. The Bertz CT molecular complexity index is 460. The smallest absolute Gasteiger partial charge is 0.212 e. The summed E-state index contributed by atoms with van der Waals surface area (Å²) in [5.74, 6) is 0. The van der Waals surface area contributed by atoms with Gasteiger partial charge in [0.15, 0.2) is 0 Å². The average molecular weight is 296 g/mol. The lowest BCUT2D eigenvalue weighted by Gasteiger charge is -2.34. The van der Waals surface area contributed by atoms with E-state index in [-0.39, 0.29) is 31.4 Å². The van der Waals surface area contributed by atoms with Crippen LogP contribution in [0.1, 0.15) is 26.7 Å². The lowest BCUT2D eigenvalue weighted by atomic mass is 10.4. The fraction of sp³-hybridized carbons (Fsp3) is 1.00. The largest absolute Gasteiger partial charge is 0.217 e. The molecule has 1 aliphatic heterocycles. The van der Waals surface area contributed by atoms with Gasteiger partial charge in [-0.25, -0.2) is 16.8 Å². The van der Waals surface area contributed by atoms with Gasteiger partial charge in [-0.05, 0) is 26.7 Å². The number of hydrogen-bond acceptors (Lipinski definition) is 4. The van der Waals surface area contributed by atoms with Crippen molar-refractivity contribution in [2.45, 2.75) is 37.2 Å². The van der Waals surface area contributed by atoms with Gasteiger partial charge < -0.3 is 0 Å². The summed E-state index contributed by atoms with van der Waals surface area (Å²) >= 11 is 0. The van der Waals surface area contributed by atoms with E-state index in [9.17, 15) is 16.8 Å². The minimum atomic E-state index is -3.26. The topological polar surface area (TPSA) is 74.8 Å². The second-order valence-electron chi connectivity index (χ2n) is 5.14. The fourth-order valence-corrected chi connectivity index (χ4v) is 5.15. The van der Waals surface area contributed by atoms with Crippen molar-refractivity contribution in [1.82, 2.24) is 8.61 Å². The van der Waals surface area contributed by atoms with E-state index in [4.69, 9.17) is 0 Å². The maximum absolute atomic E-state index is 12.0. The van der Waals surface area contributed by atoms with Crippen molar-refractivity contribution in [2.24, 2.45) is 0 Å². The highest BCUT2D eigenvalue weighted by atomic mass is 32.2. The maximum atomic E-state index is 12.0. The van der Waals surface area contributed by atoms with E-state index >= 15 is 0 Å². The van der Waals surface area contributed by atoms with E-state index in [1.165, 1.54) is 8.61 Å². The van der Waals surface area contributed by atoms with Crippen LogP contribution in [0.4, 0.5) is 0 Å². The molecule has 0 spiro atoms. The first-order valence-corrected chi connectivity index (χ1v) is 9.25. The van der Waals surface area contributed by atoms with Crippen LogP contribution in [0, 0.1) is 0 Å². The Morgan fingerprint density at radius 3 is 1.72 bits per heavy atom. The van der Waals surface area contributed by atoms with Crippen LogP contribution in [-0.2, 0) is 20.0 Å². The van der Waals surface area contributed by atoms with Crippen LogP contribution in [-0.4, -0.2) is 62.1 Å². The van der Waals surface area contributed by atoms with Gasteiger partial charge in [0.05, 0.1) is 10.5 Å². The minimum absolute atomic E-state index is 0.217. The molecule has 2 fully saturated rings. The van der Waals surface area contributed by atoms with Gasteiger partial charge in [-0.3, -0.25) is 0 Å². The third kappa shape index (κ3) is 2.56. The highest BCUT2D eigenvalue weighted by Crippen LogP contribution is 2.31. The van der Waals surface area contributed by atoms with E-state index in [1.807, 2.05) is 0 Å². The summed E-state index contributed by atoms with van der Waals surface area (Å²) in [7, 11) is -6.43. The highest BCUT2D eigenvalue weighted by Gasteiger charge is 2.42. The van der Waals surface area contributed by atoms with E-state index in [0.717, 1.165) is 12.8 Å². The quantitative estimate of drug-likeness (QED) is 0.722. The molecule has 0 unspecified atom stereocenters. The maximum Gasteiger partial charge on any atom is 0.217 e. The standard InChI is InChI=1S/C10H20N2O4S2/c1-9(2)17(13,14)11-5-7-12(8-6-11)18(15,16)10-3-4-10/h9-10H,3-8H2,1-2H3. The molecule has 1 saturated carbocycles. The van der Waals surface area contributed by atoms with Crippen molar-refractivity contribution in [3.05, 3.63) is 0 Å². The molecule has 18 heavy (non-hydrogen) atoms. The summed E-state index contributed by atoms with van der Waals surface area (Å²) in [5.41, 5.74) is 0. The minimum Gasteiger partial charge on any atom is -0.212 e. The van der Waals surface area contributed by atoms with Crippen molar-refractivity contribution in [3.8, 4) is 0 Å². The second kappa shape index (κ2) is 4.73. The van der Waals surface area contributed by atoms with Gasteiger partial charge in [0.25, 0.3) is 0 Å². The Hall–Kier alpha value is -0.180. The summed E-state index contributed by atoms with van der Waals surface area (Å²) in [4.78, 5) is 0. The van der Waals surface area contributed by atoms with Crippen LogP contribution in [0.2, 0.25) is 0 Å². The molecular weight excluding hydrogens is 276 g/mol. The predicted molar refractivity (Wildman–Crippen MR) is 69.1 cm³/mol. The molecule has 2 aliphatic rings. The number of hydrogen-bond donors (Lipinski definition) is 0. The number of nitrogens with zero attached hydrogens (tertiary/aromatic N) is 2. The lowest BCUT2D eigenvalue weighted by Crippen LogP contribution is -2.52. The average Bonchev–Trinajstić information content (AvgIpc) is 3.13. The van der Waals surface area contributed by atoms with Gasteiger partial charge in [-0.2, -0.15) is 8.61 Å². The molecule has 2 rings (SSSR count). The van der Waals surface area contributed by atoms with E-state index in [1.54, 1.807) is 13.8 Å². The fourth-order valence-electron chi connectivity index (χ4n) is 2.05. The molecule has 1 aliphatic carbocycles. The molecule has 1 heterocycles. The van der Waals surface area contributed by atoms with Gasteiger partial charge in [0, 0.05) is 26.2 Å². The van der Waals surface area contributed by atoms with Gasteiger partial charge in [-0.15, -0.1) is 0 Å².